The molecule has 0 aromatic heterocycles. The largest absolute Gasteiger partial charge is 0.460 e. The van der Waals surface area contributed by atoms with Crippen LogP contribution in [0.1, 0.15) is 48.0 Å². The first-order valence-corrected chi connectivity index (χ1v) is 5.61. The molecule has 0 N–H and O–H groups in total. The molecule has 0 fully saturated rings. The van der Waals surface area contributed by atoms with Crippen molar-refractivity contribution in [2.75, 3.05) is 0 Å². The van der Waals surface area contributed by atoms with E-state index in [4.69, 9.17) is 9.47 Å². The van der Waals surface area contributed by atoms with Gasteiger partial charge in [0.1, 0.15) is 11.2 Å². The molecule has 0 saturated carbocycles. The maximum atomic E-state index is 11.3. The molecular formula is C13H22O4. The molecule has 4 heteroatoms. The van der Waals surface area contributed by atoms with Crippen LogP contribution in [0, 0.1) is 0 Å². The van der Waals surface area contributed by atoms with Gasteiger partial charge in [0.15, 0.2) is 0 Å². The van der Waals surface area contributed by atoms with E-state index in [2.05, 4.69) is 0 Å². The summed E-state index contributed by atoms with van der Waals surface area (Å²) in [5.74, 6) is -0.821. The molecule has 0 bridgehead atoms. The van der Waals surface area contributed by atoms with Gasteiger partial charge in [-0.25, -0.2) is 4.79 Å². The Morgan fingerprint density at radius 2 is 1.41 bits per heavy atom. The van der Waals surface area contributed by atoms with Crippen molar-refractivity contribution in [2.24, 2.45) is 0 Å². The Balaban J connectivity index is 4.04. The van der Waals surface area contributed by atoms with Crippen molar-refractivity contribution in [3.8, 4) is 0 Å². The number of hydrogen-bond acceptors (Lipinski definition) is 4. The first-order chi connectivity index (χ1) is 7.49. The van der Waals surface area contributed by atoms with Gasteiger partial charge in [-0.2, -0.15) is 0 Å². The minimum Gasteiger partial charge on any atom is -0.460 e. The molecule has 0 spiro atoms. The fourth-order valence-corrected chi connectivity index (χ4v) is 0.970. The monoisotopic (exact) mass is 242 g/mol. The van der Waals surface area contributed by atoms with Gasteiger partial charge in [0.25, 0.3) is 0 Å². The Labute approximate surface area is 103 Å². The summed E-state index contributed by atoms with van der Waals surface area (Å²) in [7, 11) is 0. The number of carbonyl (C=O) groups is 2. The quantitative estimate of drug-likeness (QED) is 0.564. The lowest BCUT2D eigenvalue weighted by Gasteiger charge is -2.19. The average molecular weight is 242 g/mol. The molecule has 17 heavy (non-hydrogen) atoms. The van der Waals surface area contributed by atoms with Crippen molar-refractivity contribution in [1.82, 2.24) is 0 Å². The zero-order valence-corrected chi connectivity index (χ0v) is 11.5. The summed E-state index contributed by atoms with van der Waals surface area (Å²) < 4.78 is 10.1. The van der Waals surface area contributed by atoms with Crippen LogP contribution in [0.3, 0.4) is 0 Å². The molecule has 4 nitrogen and oxygen atoms in total. The Bertz CT molecular complexity index is 302. The minimum absolute atomic E-state index is 0.0660. The molecule has 0 atom stereocenters. The Morgan fingerprint density at radius 3 is 1.82 bits per heavy atom. The van der Waals surface area contributed by atoms with E-state index in [1.54, 1.807) is 41.5 Å². The highest BCUT2D eigenvalue weighted by molar-refractivity contribution is 5.83. The summed E-state index contributed by atoms with van der Waals surface area (Å²) in [5.41, 5.74) is -1.02. The summed E-state index contributed by atoms with van der Waals surface area (Å²) in [5, 5.41) is 0. The zero-order valence-electron chi connectivity index (χ0n) is 11.5. The third-order valence-electron chi connectivity index (χ3n) is 1.37. The molecule has 0 aromatic rings. The minimum atomic E-state index is -0.520. The number of ether oxygens (including phenoxy) is 2. The number of carbonyl (C=O) groups excluding carboxylic acids is 2. The van der Waals surface area contributed by atoms with Crippen molar-refractivity contribution >= 4 is 11.9 Å². The van der Waals surface area contributed by atoms with Crippen molar-refractivity contribution in [3.05, 3.63) is 12.2 Å². The van der Waals surface area contributed by atoms with Crippen LogP contribution in [0.25, 0.3) is 0 Å². The van der Waals surface area contributed by atoms with Crippen LogP contribution >= 0.6 is 0 Å². The van der Waals surface area contributed by atoms with Gasteiger partial charge in [0.2, 0.25) is 0 Å². The number of hydrogen-bond donors (Lipinski definition) is 0. The second-order valence-electron chi connectivity index (χ2n) is 5.73. The van der Waals surface area contributed by atoms with Crippen molar-refractivity contribution in [3.63, 3.8) is 0 Å². The molecule has 0 aromatic carbocycles. The zero-order chi connectivity index (χ0) is 13.7. The van der Waals surface area contributed by atoms with Gasteiger partial charge in [0, 0.05) is 6.08 Å². The van der Waals surface area contributed by atoms with Crippen LogP contribution in [0.2, 0.25) is 0 Å². The van der Waals surface area contributed by atoms with Crippen molar-refractivity contribution in [2.45, 2.75) is 59.2 Å². The fourth-order valence-electron chi connectivity index (χ4n) is 0.970. The average Bonchev–Trinajstić information content (AvgIpc) is 1.95. The van der Waals surface area contributed by atoms with Crippen molar-refractivity contribution in [1.29, 1.82) is 0 Å². The Morgan fingerprint density at radius 1 is 0.941 bits per heavy atom. The molecular weight excluding hydrogens is 220 g/mol. The summed E-state index contributed by atoms with van der Waals surface area (Å²) in [6.07, 6.45) is 2.76. The van der Waals surface area contributed by atoms with E-state index in [9.17, 15) is 9.59 Å². The Kier molecular flexibility index (Phi) is 5.39. The molecule has 0 saturated heterocycles. The van der Waals surface area contributed by atoms with Gasteiger partial charge in [-0.1, -0.05) is 6.08 Å². The van der Waals surface area contributed by atoms with Crippen LogP contribution < -0.4 is 0 Å². The van der Waals surface area contributed by atoms with E-state index in [-0.39, 0.29) is 12.4 Å². The van der Waals surface area contributed by atoms with Crippen LogP contribution in [-0.2, 0) is 19.1 Å². The van der Waals surface area contributed by atoms with Crippen LogP contribution in [0.4, 0.5) is 0 Å². The maximum Gasteiger partial charge on any atom is 0.330 e. The van der Waals surface area contributed by atoms with Crippen molar-refractivity contribution < 1.29 is 19.1 Å². The van der Waals surface area contributed by atoms with Gasteiger partial charge in [-0.15, -0.1) is 0 Å². The number of esters is 2. The normalized spacial score (nSPS) is 12.6. The molecule has 0 aliphatic heterocycles. The second kappa shape index (κ2) is 5.84. The lowest BCUT2D eigenvalue weighted by Crippen LogP contribution is -2.23. The van der Waals surface area contributed by atoms with Crippen LogP contribution in [0.15, 0.2) is 12.2 Å². The predicted molar refractivity (Wildman–Crippen MR) is 65.4 cm³/mol. The lowest BCUT2D eigenvalue weighted by atomic mass is 10.2. The number of rotatable bonds is 3. The smallest absolute Gasteiger partial charge is 0.330 e. The summed E-state index contributed by atoms with van der Waals surface area (Å²) in [6, 6.07) is 0. The highest BCUT2D eigenvalue weighted by atomic mass is 16.6. The van der Waals surface area contributed by atoms with Gasteiger partial charge < -0.3 is 9.47 Å². The lowest BCUT2D eigenvalue weighted by molar-refractivity contribution is -0.153. The maximum absolute atomic E-state index is 11.3. The standard InChI is InChI=1S/C13H22O4/c1-12(2,3)16-10(14)8-7-9-11(15)17-13(4,5)6/h7-8H,9H2,1-6H3/b8-7+. The van der Waals surface area contributed by atoms with E-state index in [1.165, 1.54) is 12.2 Å². The highest BCUT2D eigenvalue weighted by Gasteiger charge is 2.16. The van der Waals surface area contributed by atoms with Crippen LogP contribution in [0.5, 0.6) is 0 Å². The molecule has 0 aliphatic rings. The first-order valence-electron chi connectivity index (χ1n) is 5.61. The third kappa shape index (κ3) is 11.0. The van der Waals surface area contributed by atoms with E-state index < -0.39 is 17.2 Å². The van der Waals surface area contributed by atoms with E-state index in [1.807, 2.05) is 0 Å². The third-order valence-corrected chi connectivity index (χ3v) is 1.37. The summed E-state index contributed by atoms with van der Waals surface area (Å²) in [4.78, 5) is 22.6. The SMILES string of the molecule is CC(C)(C)OC(=O)/C=C/CC(=O)OC(C)(C)C. The molecule has 0 amide bonds. The van der Waals surface area contributed by atoms with Gasteiger partial charge >= 0.3 is 11.9 Å². The van der Waals surface area contributed by atoms with E-state index >= 15 is 0 Å². The van der Waals surface area contributed by atoms with Gasteiger partial charge in [-0.3, -0.25) is 4.79 Å². The van der Waals surface area contributed by atoms with E-state index in [0.717, 1.165) is 0 Å². The molecule has 0 unspecified atom stereocenters. The molecule has 0 rings (SSSR count). The molecule has 0 aliphatic carbocycles. The fraction of sp³-hybridized carbons (Fsp3) is 0.692. The Hall–Kier alpha value is -1.32. The van der Waals surface area contributed by atoms with E-state index in [0.29, 0.717) is 0 Å². The second-order valence-corrected chi connectivity index (χ2v) is 5.73. The topological polar surface area (TPSA) is 52.6 Å². The summed E-state index contributed by atoms with van der Waals surface area (Å²) >= 11 is 0. The predicted octanol–water partition coefficient (Wildman–Crippen LogP) is 2.62. The highest BCUT2D eigenvalue weighted by Crippen LogP contribution is 2.09. The molecule has 98 valence electrons. The first kappa shape index (κ1) is 15.7. The van der Waals surface area contributed by atoms with Gasteiger partial charge in [0.05, 0.1) is 6.42 Å². The molecule has 0 radical (unpaired) electrons. The van der Waals surface area contributed by atoms with Crippen LogP contribution in [-0.4, -0.2) is 23.1 Å². The van der Waals surface area contributed by atoms with Gasteiger partial charge in [-0.05, 0) is 41.5 Å². The summed E-state index contributed by atoms with van der Waals surface area (Å²) in [6.45, 7) is 10.7. The molecule has 0 heterocycles.